The lowest BCUT2D eigenvalue weighted by molar-refractivity contribution is 0.0939. The molecule has 1 saturated heterocycles. The van der Waals surface area contributed by atoms with Gasteiger partial charge in [-0.3, -0.25) is 4.79 Å². The second-order valence-corrected chi connectivity index (χ2v) is 8.42. The van der Waals surface area contributed by atoms with Crippen LogP contribution in [0.5, 0.6) is 0 Å². The zero-order valence-corrected chi connectivity index (χ0v) is 14.8. The molecule has 1 aliphatic heterocycles. The maximum atomic E-state index is 12.2. The predicted octanol–water partition coefficient (Wildman–Crippen LogP) is 1.01. The average molecular weight is 339 g/mol. The maximum Gasteiger partial charge on any atom is 0.251 e. The molecule has 0 aliphatic carbocycles. The van der Waals surface area contributed by atoms with Crippen molar-refractivity contribution in [1.29, 1.82) is 0 Å². The van der Waals surface area contributed by atoms with Crippen LogP contribution in [-0.4, -0.2) is 64.3 Å². The molecule has 2 rings (SSSR count). The molecule has 0 aromatic heterocycles. The van der Waals surface area contributed by atoms with Crippen molar-refractivity contribution in [1.82, 2.24) is 14.5 Å². The lowest BCUT2D eigenvalue weighted by Crippen LogP contribution is -2.36. The molecule has 0 spiro atoms. The molecule has 23 heavy (non-hydrogen) atoms. The summed E-state index contributed by atoms with van der Waals surface area (Å²) in [5.41, 5.74) is 0.482. The van der Waals surface area contributed by atoms with E-state index in [9.17, 15) is 13.2 Å². The van der Waals surface area contributed by atoms with E-state index in [1.54, 1.807) is 12.1 Å². The van der Waals surface area contributed by atoms with E-state index in [1.165, 1.54) is 26.2 Å². The molecule has 0 bridgehead atoms. The quantitative estimate of drug-likeness (QED) is 0.869. The molecule has 1 amide bonds. The van der Waals surface area contributed by atoms with Crippen molar-refractivity contribution in [2.24, 2.45) is 5.92 Å². The number of amides is 1. The molecule has 1 heterocycles. The number of carbonyl (C=O) groups is 1. The minimum atomic E-state index is -3.46. The number of nitrogens with one attached hydrogen (secondary N) is 1. The number of benzene rings is 1. The largest absolute Gasteiger partial charge is 0.352 e. The van der Waals surface area contributed by atoms with Gasteiger partial charge in [0.1, 0.15) is 0 Å². The van der Waals surface area contributed by atoms with Gasteiger partial charge in [-0.25, -0.2) is 12.7 Å². The first-order chi connectivity index (χ1) is 10.8. The third-order valence-corrected chi connectivity index (χ3v) is 6.11. The number of hydrogen-bond acceptors (Lipinski definition) is 4. The Morgan fingerprint density at radius 2 is 1.78 bits per heavy atom. The number of hydrogen-bond donors (Lipinski definition) is 1. The molecular formula is C16H25N3O3S. The summed E-state index contributed by atoms with van der Waals surface area (Å²) in [5.74, 6) is 0.362. The van der Waals surface area contributed by atoms with Gasteiger partial charge in [-0.15, -0.1) is 0 Å². The van der Waals surface area contributed by atoms with Gasteiger partial charge >= 0.3 is 0 Å². The molecular weight excluding hydrogens is 314 g/mol. The Bertz CT molecular complexity index is 633. The molecule has 0 radical (unpaired) electrons. The molecule has 0 saturated carbocycles. The fraction of sp³-hybridized carbons (Fsp3) is 0.562. The fourth-order valence-electron chi connectivity index (χ4n) is 2.59. The van der Waals surface area contributed by atoms with Crippen molar-refractivity contribution < 1.29 is 13.2 Å². The van der Waals surface area contributed by atoms with Gasteiger partial charge in [0.25, 0.3) is 5.91 Å². The minimum Gasteiger partial charge on any atom is -0.352 e. The van der Waals surface area contributed by atoms with Crippen LogP contribution in [-0.2, 0) is 10.0 Å². The van der Waals surface area contributed by atoms with Crippen molar-refractivity contribution in [3.63, 3.8) is 0 Å². The molecule has 1 aromatic carbocycles. The Balaban J connectivity index is 1.93. The van der Waals surface area contributed by atoms with E-state index in [2.05, 4.69) is 17.3 Å². The van der Waals surface area contributed by atoms with E-state index in [4.69, 9.17) is 0 Å². The molecule has 1 aromatic rings. The molecule has 1 fully saturated rings. The first kappa shape index (κ1) is 17.9. The Morgan fingerprint density at radius 1 is 1.22 bits per heavy atom. The first-order valence-corrected chi connectivity index (χ1v) is 9.24. The summed E-state index contributed by atoms with van der Waals surface area (Å²) in [4.78, 5) is 14.6. The summed E-state index contributed by atoms with van der Waals surface area (Å²) >= 11 is 0. The molecule has 0 unspecified atom stereocenters. The predicted molar refractivity (Wildman–Crippen MR) is 89.9 cm³/mol. The number of carbonyl (C=O) groups excluding carboxylic acids is 1. The summed E-state index contributed by atoms with van der Waals surface area (Å²) in [6, 6.07) is 6.06. The summed E-state index contributed by atoms with van der Waals surface area (Å²) < 4.78 is 25.1. The zero-order chi connectivity index (χ0) is 17.0. The van der Waals surface area contributed by atoms with Crippen LogP contribution in [0.3, 0.4) is 0 Å². The van der Waals surface area contributed by atoms with E-state index in [-0.39, 0.29) is 10.8 Å². The van der Waals surface area contributed by atoms with Gasteiger partial charge in [0.05, 0.1) is 4.90 Å². The monoisotopic (exact) mass is 339 g/mol. The number of rotatable bonds is 5. The van der Waals surface area contributed by atoms with Gasteiger partial charge < -0.3 is 10.2 Å². The topological polar surface area (TPSA) is 69.7 Å². The standard InChI is InChI=1S/C16H25N3O3S/c1-18(2)23(21,22)15-6-4-14(5-7-15)16(20)17-12-13-8-10-19(3)11-9-13/h4-7,13H,8-12H2,1-3H3,(H,17,20). The van der Waals surface area contributed by atoms with Crippen molar-refractivity contribution in [3.8, 4) is 0 Å². The second-order valence-electron chi connectivity index (χ2n) is 6.27. The first-order valence-electron chi connectivity index (χ1n) is 7.80. The van der Waals surface area contributed by atoms with Gasteiger partial charge in [-0.2, -0.15) is 0 Å². The number of likely N-dealkylation sites (tertiary alicyclic amines) is 1. The highest BCUT2D eigenvalue weighted by molar-refractivity contribution is 7.89. The van der Waals surface area contributed by atoms with E-state index < -0.39 is 10.0 Å². The lowest BCUT2D eigenvalue weighted by atomic mass is 9.97. The maximum absolute atomic E-state index is 12.2. The van der Waals surface area contributed by atoms with Gasteiger partial charge in [0.15, 0.2) is 0 Å². The molecule has 128 valence electrons. The van der Waals surface area contributed by atoms with E-state index >= 15 is 0 Å². The third kappa shape index (κ3) is 4.53. The number of sulfonamides is 1. The highest BCUT2D eigenvalue weighted by Gasteiger charge is 2.19. The summed E-state index contributed by atoms with van der Waals surface area (Å²) in [5, 5.41) is 2.95. The SMILES string of the molecule is CN1CCC(CNC(=O)c2ccc(S(=O)(=O)N(C)C)cc2)CC1. The van der Waals surface area contributed by atoms with Crippen molar-refractivity contribution in [2.45, 2.75) is 17.7 Å². The van der Waals surface area contributed by atoms with Crippen LogP contribution in [0.25, 0.3) is 0 Å². The van der Waals surface area contributed by atoms with Crippen molar-refractivity contribution >= 4 is 15.9 Å². The van der Waals surface area contributed by atoms with Crippen molar-refractivity contribution in [3.05, 3.63) is 29.8 Å². The van der Waals surface area contributed by atoms with Gasteiger partial charge in [0, 0.05) is 26.2 Å². The lowest BCUT2D eigenvalue weighted by Gasteiger charge is -2.28. The Kier molecular flexibility index (Phi) is 5.78. The summed E-state index contributed by atoms with van der Waals surface area (Å²) in [7, 11) is 1.62. The van der Waals surface area contributed by atoms with Crippen molar-refractivity contribution in [2.75, 3.05) is 40.8 Å². The molecule has 7 heteroatoms. The van der Waals surface area contributed by atoms with Crippen LogP contribution in [0, 0.1) is 5.92 Å². The second kappa shape index (κ2) is 7.42. The normalized spacial score (nSPS) is 17.4. The zero-order valence-electron chi connectivity index (χ0n) is 13.9. The Morgan fingerprint density at radius 3 is 2.30 bits per heavy atom. The number of nitrogens with zero attached hydrogens (tertiary/aromatic N) is 2. The number of piperidine rings is 1. The summed E-state index contributed by atoms with van der Waals surface area (Å²) in [6.45, 7) is 2.81. The molecule has 6 nitrogen and oxygen atoms in total. The molecule has 1 aliphatic rings. The van der Waals surface area contributed by atoms with Crippen LogP contribution in [0.15, 0.2) is 29.2 Å². The average Bonchev–Trinajstić information content (AvgIpc) is 2.54. The fourth-order valence-corrected chi connectivity index (χ4v) is 3.50. The smallest absolute Gasteiger partial charge is 0.251 e. The van der Waals surface area contributed by atoms with Crippen LogP contribution in [0.1, 0.15) is 23.2 Å². The van der Waals surface area contributed by atoms with Gasteiger partial charge in [-0.1, -0.05) is 0 Å². The van der Waals surface area contributed by atoms with Crippen LogP contribution < -0.4 is 5.32 Å². The molecule has 0 atom stereocenters. The Labute approximate surface area is 138 Å². The minimum absolute atomic E-state index is 0.155. The highest BCUT2D eigenvalue weighted by atomic mass is 32.2. The van der Waals surface area contributed by atoms with E-state index in [1.807, 2.05) is 0 Å². The third-order valence-electron chi connectivity index (χ3n) is 4.28. The van der Waals surface area contributed by atoms with Crippen LogP contribution >= 0.6 is 0 Å². The van der Waals surface area contributed by atoms with Gasteiger partial charge in [-0.05, 0) is 63.2 Å². The Hall–Kier alpha value is -1.44. The molecule has 1 N–H and O–H groups in total. The summed E-state index contributed by atoms with van der Waals surface area (Å²) in [6.07, 6.45) is 2.19. The van der Waals surface area contributed by atoms with E-state index in [0.717, 1.165) is 30.2 Å². The van der Waals surface area contributed by atoms with Crippen LogP contribution in [0.4, 0.5) is 0 Å². The van der Waals surface area contributed by atoms with Gasteiger partial charge in [0.2, 0.25) is 10.0 Å². The highest BCUT2D eigenvalue weighted by Crippen LogP contribution is 2.16. The van der Waals surface area contributed by atoms with E-state index in [0.29, 0.717) is 18.0 Å². The van der Waals surface area contributed by atoms with Crippen LogP contribution in [0.2, 0.25) is 0 Å².